The summed E-state index contributed by atoms with van der Waals surface area (Å²) in [7, 11) is 0. The minimum atomic E-state index is -1.54. The number of aliphatic hydroxyl groups excluding tert-OH is 1. The Kier molecular flexibility index (Phi) is 11.7. The third-order valence-corrected chi connectivity index (χ3v) is 4.11. The second-order valence-corrected chi connectivity index (χ2v) is 7.16. The number of carboxylic acids is 1. The van der Waals surface area contributed by atoms with Crippen molar-refractivity contribution < 1.29 is 39.0 Å². The molecule has 0 saturated heterocycles. The molecule has 176 valence electrons. The number of amides is 5. The monoisotopic (exact) mass is 446 g/mol. The van der Waals surface area contributed by atoms with Crippen LogP contribution in [0.1, 0.15) is 33.1 Å². The summed E-state index contributed by atoms with van der Waals surface area (Å²) < 4.78 is 0. The Morgan fingerprint density at radius 3 is 1.77 bits per heavy atom. The molecule has 11 N–H and O–H groups in total. The Bertz CT molecular complexity index is 698. The first-order valence-corrected chi connectivity index (χ1v) is 9.37. The summed E-state index contributed by atoms with van der Waals surface area (Å²) in [6.07, 6.45) is -1.24. The van der Waals surface area contributed by atoms with Crippen LogP contribution in [0.5, 0.6) is 0 Å². The molecule has 5 amide bonds. The number of nitrogens with one attached hydrogen (secondary N) is 3. The van der Waals surface area contributed by atoms with Crippen LogP contribution in [-0.4, -0.2) is 76.5 Å². The van der Waals surface area contributed by atoms with Crippen molar-refractivity contribution in [2.75, 3.05) is 6.61 Å². The van der Waals surface area contributed by atoms with E-state index in [2.05, 4.69) is 16.0 Å². The van der Waals surface area contributed by atoms with Crippen LogP contribution < -0.4 is 33.2 Å². The molecule has 31 heavy (non-hydrogen) atoms. The van der Waals surface area contributed by atoms with E-state index in [-0.39, 0.29) is 12.8 Å². The lowest BCUT2D eigenvalue weighted by atomic mass is 10.0. The topological polar surface area (TPSA) is 257 Å². The van der Waals surface area contributed by atoms with Gasteiger partial charge in [0.25, 0.3) is 0 Å². The fraction of sp³-hybridized carbons (Fsp3) is 0.647. The lowest BCUT2D eigenvalue weighted by Crippen LogP contribution is -2.58. The molecule has 14 heteroatoms. The first kappa shape index (κ1) is 27.7. The molecule has 4 atom stereocenters. The lowest BCUT2D eigenvalue weighted by Gasteiger charge is -2.25. The van der Waals surface area contributed by atoms with Crippen molar-refractivity contribution in [3.8, 4) is 0 Å². The highest BCUT2D eigenvalue weighted by Gasteiger charge is 2.32. The molecule has 0 fully saturated rings. The van der Waals surface area contributed by atoms with Crippen molar-refractivity contribution in [2.45, 2.75) is 57.3 Å². The molecular weight excluding hydrogens is 416 g/mol. The number of nitrogens with two attached hydrogens (primary N) is 3. The molecule has 0 aromatic heterocycles. The molecule has 0 radical (unpaired) electrons. The standard InChI is InChI=1S/C17H30N6O8/c1-7(2)13(17(30)31)23-15(28)9(3-4-11(19)25)21-16(29)10(5-12(20)26)22-14(27)8(18)6-24/h7-10,13,24H,3-6,18H2,1-2H3,(H2,19,25)(H2,20,26)(H,21,29)(H,22,27)(H,23,28)(H,30,31). The number of primary amides is 2. The van der Waals surface area contributed by atoms with Gasteiger partial charge in [-0.3, -0.25) is 24.0 Å². The van der Waals surface area contributed by atoms with Crippen LogP contribution in [0.4, 0.5) is 0 Å². The number of carboxylic acid groups (broad SMARTS) is 1. The Labute approximate surface area is 178 Å². The van der Waals surface area contributed by atoms with Gasteiger partial charge in [0.15, 0.2) is 0 Å². The van der Waals surface area contributed by atoms with Crippen molar-refractivity contribution in [1.29, 1.82) is 0 Å². The van der Waals surface area contributed by atoms with Gasteiger partial charge in [-0.1, -0.05) is 13.8 Å². The van der Waals surface area contributed by atoms with Crippen LogP contribution in [-0.2, 0) is 28.8 Å². The maximum atomic E-state index is 12.6. The summed E-state index contributed by atoms with van der Waals surface area (Å²) in [6, 6.07) is -5.59. The number of hydrogen-bond acceptors (Lipinski definition) is 8. The van der Waals surface area contributed by atoms with E-state index in [1.54, 1.807) is 13.8 Å². The summed E-state index contributed by atoms with van der Waals surface area (Å²) in [5.74, 6) is -6.41. The van der Waals surface area contributed by atoms with Crippen LogP contribution in [0.25, 0.3) is 0 Å². The zero-order valence-corrected chi connectivity index (χ0v) is 17.3. The normalized spacial score (nSPS) is 14.6. The van der Waals surface area contributed by atoms with Crippen molar-refractivity contribution in [3.05, 3.63) is 0 Å². The first-order valence-electron chi connectivity index (χ1n) is 9.37. The molecule has 0 heterocycles. The molecule has 0 bridgehead atoms. The van der Waals surface area contributed by atoms with Gasteiger partial charge in [-0.2, -0.15) is 0 Å². The van der Waals surface area contributed by atoms with Gasteiger partial charge in [-0.05, 0) is 12.3 Å². The maximum absolute atomic E-state index is 12.6. The van der Waals surface area contributed by atoms with Gasteiger partial charge in [0.1, 0.15) is 24.2 Å². The highest BCUT2D eigenvalue weighted by atomic mass is 16.4. The molecule has 0 aliphatic rings. The predicted octanol–water partition coefficient (Wildman–Crippen LogP) is -4.36. The molecule has 0 rings (SSSR count). The summed E-state index contributed by atoms with van der Waals surface area (Å²) in [5.41, 5.74) is 15.5. The fourth-order valence-electron chi connectivity index (χ4n) is 2.37. The van der Waals surface area contributed by atoms with Gasteiger partial charge in [0.2, 0.25) is 29.5 Å². The highest BCUT2D eigenvalue weighted by Crippen LogP contribution is 2.06. The Hall–Kier alpha value is -3.26. The second-order valence-electron chi connectivity index (χ2n) is 7.16. The van der Waals surface area contributed by atoms with Crippen LogP contribution in [0.2, 0.25) is 0 Å². The lowest BCUT2D eigenvalue weighted by molar-refractivity contribution is -0.143. The van der Waals surface area contributed by atoms with E-state index < -0.39 is 78.6 Å². The first-order chi connectivity index (χ1) is 14.3. The molecule has 4 unspecified atom stereocenters. The van der Waals surface area contributed by atoms with Crippen LogP contribution in [0.15, 0.2) is 0 Å². The van der Waals surface area contributed by atoms with Crippen molar-refractivity contribution in [3.63, 3.8) is 0 Å². The van der Waals surface area contributed by atoms with Crippen molar-refractivity contribution >= 4 is 35.5 Å². The average molecular weight is 446 g/mol. The van der Waals surface area contributed by atoms with Crippen LogP contribution >= 0.6 is 0 Å². The van der Waals surface area contributed by atoms with E-state index in [9.17, 15) is 33.9 Å². The number of carbonyl (C=O) groups is 6. The van der Waals surface area contributed by atoms with Gasteiger partial charge in [0.05, 0.1) is 13.0 Å². The van der Waals surface area contributed by atoms with E-state index >= 15 is 0 Å². The molecule has 0 aromatic carbocycles. The zero-order valence-electron chi connectivity index (χ0n) is 17.3. The number of rotatable bonds is 14. The molecule has 0 aliphatic carbocycles. The molecule has 14 nitrogen and oxygen atoms in total. The van der Waals surface area contributed by atoms with E-state index in [1.807, 2.05) is 0 Å². The van der Waals surface area contributed by atoms with Crippen molar-refractivity contribution in [1.82, 2.24) is 16.0 Å². The second kappa shape index (κ2) is 13.1. The van der Waals surface area contributed by atoms with E-state index in [0.717, 1.165) is 0 Å². The fourth-order valence-corrected chi connectivity index (χ4v) is 2.37. The number of carbonyl (C=O) groups excluding carboxylic acids is 5. The third kappa shape index (κ3) is 10.4. The largest absolute Gasteiger partial charge is 0.480 e. The number of aliphatic carboxylic acids is 1. The van der Waals surface area contributed by atoms with Gasteiger partial charge >= 0.3 is 5.97 Å². The molecule has 0 aliphatic heterocycles. The quantitative estimate of drug-likeness (QED) is 0.128. The Morgan fingerprint density at radius 1 is 0.839 bits per heavy atom. The third-order valence-electron chi connectivity index (χ3n) is 4.11. The van der Waals surface area contributed by atoms with Gasteiger partial charge in [-0.25, -0.2) is 4.79 Å². The van der Waals surface area contributed by atoms with E-state index in [1.165, 1.54) is 0 Å². The van der Waals surface area contributed by atoms with E-state index in [0.29, 0.717) is 0 Å². The minimum absolute atomic E-state index is 0.273. The van der Waals surface area contributed by atoms with Crippen LogP contribution in [0, 0.1) is 5.92 Å². The molecule has 0 aromatic rings. The Morgan fingerprint density at radius 2 is 1.35 bits per heavy atom. The van der Waals surface area contributed by atoms with Crippen molar-refractivity contribution in [2.24, 2.45) is 23.1 Å². The number of hydrogen-bond donors (Lipinski definition) is 8. The SMILES string of the molecule is CC(C)C(NC(=O)C(CCC(N)=O)NC(=O)C(CC(N)=O)NC(=O)C(N)CO)C(=O)O. The van der Waals surface area contributed by atoms with Crippen LogP contribution in [0.3, 0.4) is 0 Å². The Balaban J connectivity index is 5.55. The molecule has 0 saturated carbocycles. The van der Waals surface area contributed by atoms with Gasteiger partial charge in [0, 0.05) is 6.42 Å². The molecular formula is C17H30N6O8. The summed E-state index contributed by atoms with van der Waals surface area (Å²) in [5, 5.41) is 24.8. The highest BCUT2D eigenvalue weighted by molar-refractivity contribution is 5.96. The smallest absolute Gasteiger partial charge is 0.326 e. The summed E-state index contributed by atoms with van der Waals surface area (Å²) >= 11 is 0. The van der Waals surface area contributed by atoms with Gasteiger partial charge < -0.3 is 43.4 Å². The summed E-state index contributed by atoms with van der Waals surface area (Å²) in [4.78, 5) is 70.7. The van der Waals surface area contributed by atoms with E-state index in [4.69, 9.17) is 22.3 Å². The average Bonchev–Trinajstić information content (AvgIpc) is 2.66. The maximum Gasteiger partial charge on any atom is 0.326 e. The molecule has 0 spiro atoms. The minimum Gasteiger partial charge on any atom is -0.480 e. The number of aliphatic hydroxyl groups is 1. The predicted molar refractivity (Wildman–Crippen MR) is 106 cm³/mol. The summed E-state index contributed by atoms with van der Waals surface area (Å²) in [6.45, 7) is 2.38. The van der Waals surface area contributed by atoms with Gasteiger partial charge in [-0.15, -0.1) is 0 Å². The zero-order chi connectivity index (χ0) is 24.3.